The molecule has 0 radical (unpaired) electrons. The highest BCUT2D eigenvalue weighted by Crippen LogP contribution is 2.29. The van der Waals surface area contributed by atoms with Gasteiger partial charge in [0.1, 0.15) is 6.54 Å². The molecule has 2 rings (SSSR count). The first-order chi connectivity index (χ1) is 12.2. The zero-order chi connectivity index (χ0) is 19.3. The minimum atomic E-state index is -4.47. The highest BCUT2D eigenvalue weighted by atomic mass is 19.4. The summed E-state index contributed by atoms with van der Waals surface area (Å²) in [6, 6.07) is 8.20. The molecule has 0 fully saturated rings. The Morgan fingerprint density at radius 1 is 1.15 bits per heavy atom. The van der Waals surface area contributed by atoms with E-state index in [0.717, 1.165) is 28.8 Å². The number of alkyl halides is 3. The summed E-state index contributed by atoms with van der Waals surface area (Å²) >= 11 is 0. The largest absolute Gasteiger partial charge is 0.451 e. The summed E-state index contributed by atoms with van der Waals surface area (Å²) in [6.45, 7) is 0.947. The lowest BCUT2D eigenvalue weighted by atomic mass is 10.2. The fourth-order valence-electron chi connectivity index (χ4n) is 2.00. The molecule has 1 aromatic heterocycles. The van der Waals surface area contributed by atoms with Crippen LogP contribution in [0.1, 0.15) is 12.5 Å². The van der Waals surface area contributed by atoms with Crippen molar-refractivity contribution < 1.29 is 27.5 Å². The predicted octanol–water partition coefficient (Wildman–Crippen LogP) is 2.44. The molecule has 6 nitrogen and oxygen atoms in total. The Morgan fingerprint density at radius 2 is 1.81 bits per heavy atom. The first kappa shape index (κ1) is 19.2. The van der Waals surface area contributed by atoms with Gasteiger partial charge < -0.3 is 14.6 Å². The van der Waals surface area contributed by atoms with Crippen molar-refractivity contribution >= 4 is 17.6 Å². The first-order valence-corrected chi connectivity index (χ1v) is 7.50. The summed E-state index contributed by atoms with van der Waals surface area (Å²) in [5, 5.41) is 2.35. The van der Waals surface area contributed by atoms with Gasteiger partial charge in [0, 0.05) is 18.0 Å². The topological polar surface area (TPSA) is 77.4 Å². The van der Waals surface area contributed by atoms with E-state index < -0.39 is 35.3 Å². The Hall–Kier alpha value is -3.10. The van der Waals surface area contributed by atoms with Crippen molar-refractivity contribution in [2.75, 3.05) is 5.32 Å². The Kier molecular flexibility index (Phi) is 5.81. The average Bonchev–Trinajstić information content (AvgIpc) is 2.56. The number of carbonyl (C=O) groups excluding carboxylic acids is 2. The summed E-state index contributed by atoms with van der Waals surface area (Å²) in [5.74, 6) is -1.51. The molecule has 1 atom stereocenters. The van der Waals surface area contributed by atoms with Gasteiger partial charge in [0.15, 0.2) is 6.10 Å². The van der Waals surface area contributed by atoms with Crippen molar-refractivity contribution in [3.63, 3.8) is 0 Å². The summed E-state index contributed by atoms with van der Waals surface area (Å²) in [5.41, 5.74) is -1.11. The molecular weight excluding hydrogens is 353 g/mol. The number of rotatable bonds is 5. The maximum atomic E-state index is 12.5. The van der Waals surface area contributed by atoms with E-state index in [1.54, 1.807) is 6.07 Å². The SMILES string of the molecule is C[C@H](OC(=O)Cn1ccccc1=O)C(=O)Nc1ccc(C(F)(F)F)cc1. The highest BCUT2D eigenvalue weighted by Gasteiger charge is 2.30. The number of hydrogen-bond donors (Lipinski definition) is 1. The molecule has 0 aliphatic rings. The van der Waals surface area contributed by atoms with Crippen LogP contribution in [0.5, 0.6) is 0 Å². The molecule has 138 valence electrons. The molecule has 1 amide bonds. The van der Waals surface area contributed by atoms with Crippen LogP contribution in [0.3, 0.4) is 0 Å². The Morgan fingerprint density at radius 3 is 2.38 bits per heavy atom. The number of nitrogens with one attached hydrogen (secondary N) is 1. The van der Waals surface area contributed by atoms with Gasteiger partial charge in [-0.05, 0) is 37.3 Å². The van der Waals surface area contributed by atoms with Gasteiger partial charge >= 0.3 is 12.1 Å². The monoisotopic (exact) mass is 368 g/mol. The van der Waals surface area contributed by atoms with Crippen molar-refractivity contribution in [2.24, 2.45) is 0 Å². The van der Waals surface area contributed by atoms with Gasteiger partial charge in [-0.1, -0.05) is 6.07 Å². The van der Waals surface area contributed by atoms with E-state index in [-0.39, 0.29) is 12.2 Å². The zero-order valence-electron chi connectivity index (χ0n) is 13.6. The minimum absolute atomic E-state index is 0.130. The number of anilines is 1. The number of esters is 1. The lowest BCUT2D eigenvalue weighted by Crippen LogP contribution is -2.32. The standard InChI is InChI=1S/C17H15F3N2O4/c1-11(26-15(24)10-22-9-3-2-4-14(22)23)16(25)21-13-7-5-12(6-8-13)17(18,19)20/h2-9,11H,10H2,1H3,(H,21,25)/t11-/m0/s1. The maximum Gasteiger partial charge on any atom is 0.416 e. The van der Waals surface area contributed by atoms with Gasteiger partial charge in [0.25, 0.3) is 11.5 Å². The number of benzene rings is 1. The number of halogens is 3. The van der Waals surface area contributed by atoms with Crippen LogP contribution in [0.25, 0.3) is 0 Å². The van der Waals surface area contributed by atoms with E-state index in [2.05, 4.69) is 5.32 Å². The normalized spacial score (nSPS) is 12.3. The van der Waals surface area contributed by atoms with Crippen LogP contribution in [0, 0.1) is 0 Å². The van der Waals surface area contributed by atoms with E-state index in [9.17, 15) is 27.6 Å². The van der Waals surface area contributed by atoms with E-state index in [1.165, 1.54) is 25.3 Å². The lowest BCUT2D eigenvalue weighted by molar-refractivity contribution is -0.153. The third-order valence-electron chi connectivity index (χ3n) is 3.36. The number of pyridine rings is 1. The van der Waals surface area contributed by atoms with Gasteiger partial charge in [0.2, 0.25) is 0 Å². The fraction of sp³-hybridized carbons (Fsp3) is 0.235. The molecule has 0 aliphatic heterocycles. The molecule has 9 heteroatoms. The number of amides is 1. The zero-order valence-corrected chi connectivity index (χ0v) is 13.6. The summed E-state index contributed by atoms with van der Waals surface area (Å²) in [7, 11) is 0. The van der Waals surface area contributed by atoms with Crippen molar-refractivity contribution in [1.82, 2.24) is 4.57 Å². The van der Waals surface area contributed by atoms with Gasteiger partial charge in [0.05, 0.1) is 5.56 Å². The second-order valence-corrected chi connectivity index (χ2v) is 5.36. The molecule has 0 saturated carbocycles. The Bertz CT molecular complexity index is 844. The molecule has 0 bridgehead atoms. The number of ether oxygens (including phenoxy) is 1. The van der Waals surface area contributed by atoms with E-state index in [4.69, 9.17) is 4.74 Å². The van der Waals surface area contributed by atoms with Crippen LogP contribution in [0.2, 0.25) is 0 Å². The van der Waals surface area contributed by atoms with Gasteiger partial charge in [-0.25, -0.2) is 0 Å². The van der Waals surface area contributed by atoms with E-state index in [0.29, 0.717) is 0 Å². The van der Waals surface area contributed by atoms with Gasteiger partial charge in [-0.15, -0.1) is 0 Å². The molecule has 26 heavy (non-hydrogen) atoms. The number of hydrogen-bond acceptors (Lipinski definition) is 4. The quantitative estimate of drug-likeness (QED) is 0.823. The van der Waals surface area contributed by atoms with E-state index in [1.807, 2.05) is 0 Å². The van der Waals surface area contributed by atoms with Crippen LogP contribution >= 0.6 is 0 Å². The summed E-state index contributed by atoms with van der Waals surface area (Å²) in [6.07, 6.45) is -4.26. The molecule has 0 unspecified atom stereocenters. The van der Waals surface area contributed by atoms with Crippen LogP contribution in [-0.2, 0) is 27.0 Å². The molecular formula is C17H15F3N2O4. The molecule has 0 saturated heterocycles. The second-order valence-electron chi connectivity index (χ2n) is 5.36. The van der Waals surface area contributed by atoms with Crippen LogP contribution in [0.15, 0.2) is 53.5 Å². The third-order valence-corrected chi connectivity index (χ3v) is 3.36. The predicted molar refractivity (Wildman–Crippen MR) is 86.3 cm³/mol. The molecule has 1 N–H and O–H groups in total. The van der Waals surface area contributed by atoms with Crippen LogP contribution in [0.4, 0.5) is 18.9 Å². The molecule has 0 spiro atoms. The third kappa shape index (κ3) is 5.20. The van der Waals surface area contributed by atoms with Crippen molar-refractivity contribution in [2.45, 2.75) is 25.7 Å². The minimum Gasteiger partial charge on any atom is -0.451 e. The molecule has 2 aromatic rings. The van der Waals surface area contributed by atoms with Crippen molar-refractivity contribution in [3.8, 4) is 0 Å². The lowest BCUT2D eigenvalue weighted by Gasteiger charge is -2.14. The first-order valence-electron chi connectivity index (χ1n) is 7.50. The summed E-state index contributed by atoms with van der Waals surface area (Å²) in [4.78, 5) is 35.3. The van der Waals surface area contributed by atoms with E-state index >= 15 is 0 Å². The van der Waals surface area contributed by atoms with Crippen molar-refractivity contribution in [3.05, 3.63) is 64.6 Å². The maximum absolute atomic E-state index is 12.5. The fourth-order valence-corrected chi connectivity index (χ4v) is 2.00. The molecule has 0 aliphatic carbocycles. The van der Waals surface area contributed by atoms with Crippen molar-refractivity contribution in [1.29, 1.82) is 0 Å². The average molecular weight is 368 g/mol. The molecule has 1 aromatic carbocycles. The summed E-state index contributed by atoms with van der Waals surface area (Å²) < 4.78 is 43.5. The number of aromatic nitrogens is 1. The van der Waals surface area contributed by atoms with Gasteiger partial charge in [-0.2, -0.15) is 13.2 Å². The second kappa shape index (κ2) is 7.85. The van der Waals surface area contributed by atoms with Crippen LogP contribution in [-0.4, -0.2) is 22.5 Å². The Balaban J connectivity index is 1.92. The Labute approximate surface area is 146 Å². The smallest absolute Gasteiger partial charge is 0.416 e. The van der Waals surface area contributed by atoms with Crippen LogP contribution < -0.4 is 10.9 Å². The number of nitrogens with zero attached hydrogens (tertiary/aromatic N) is 1. The number of carbonyl (C=O) groups is 2. The molecule has 1 heterocycles. The highest BCUT2D eigenvalue weighted by molar-refractivity contribution is 5.95. The van der Waals surface area contributed by atoms with Gasteiger partial charge in [-0.3, -0.25) is 14.4 Å².